The van der Waals surface area contributed by atoms with E-state index >= 15 is 0 Å². The van der Waals surface area contributed by atoms with E-state index in [2.05, 4.69) is 9.73 Å². The number of hydrogen-bond donors (Lipinski definition) is 1. The zero-order chi connectivity index (χ0) is 4.41. The van der Waals surface area contributed by atoms with E-state index in [-0.39, 0.29) is 0 Å². The molecule has 0 spiro atoms. The third-order valence-corrected chi connectivity index (χ3v) is 0.503. The smallest absolute Gasteiger partial charge is 0.176 e. The molecule has 0 fully saturated rings. The summed E-state index contributed by atoms with van der Waals surface area (Å²) in [5.41, 5.74) is 0. The van der Waals surface area contributed by atoms with Crippen LogP contribution in [0.25, 0.3) is 0 Å². The maximum absolute atomic E-state index is 6.73. The summed E-state index contributed by atoms with van der Waals surface area (Å²) in [6.07, 6.45) is 1.28. The van der Waals surface area contributed by atoms with E-state index in [1.165, 1.54) is 6.40 Å². The molecule has 0 aliphatic carbocycles. The van der Waals surface area contributed by atoms with Crippen molar-refractivity contribution >= 4 is 12.2 Å². The van der Waals surface area contributed by atoms with E-state index in [9.17, 15) is 0 Å². The quantitative estimate of drug-likeness (QED) is 0.442. The second kappa shape index (κ2) is 1.08. The Morgan fingerprint density at radius 1 is 2.00 bits per heavy atom. The lowest BCUT2D eigenvalue weighted by molar-refractivity contribution is 0.396. The molecule has 0 atom stereocenters. The van der Waals surface area contributed by atoms with Gasteiger partial charge in [-0.05, 0) is 0 Å². The molecule has 0 saturated heterocycles. The highest BCUT2D eigenvalue weighted by molar-refractivity contribution is 5.90. The average molecular weight is 84.1 g/mol. The first kappa shape index (κ1) is 3.33. The molecular formula is C3H4N2O. The number of aliphatic imine (C=N–C) groups is 1. The van der Waals surface area contributed by atoms with Crippen LogP contribution in [-0.2, 0) is 4.74 Å². The molecule has 3 nitrogen and oxygen atoms in total. The molecule has 1 aliphatic heterocycles. The van der Waals surface area contributed by atoms with Crippen LogP contribution in [-0.4, -0.2) is 18.8 Å². The highest BCUT2D eigenvalue weighted by Crippen LogP contribution is 1.83. The minimum Gasteiger partial charge on any atom is -0.475 e. The Labute approximate surface area is 35.2 Å². The highest BCUT2D eigenvalue weighted by atomic mass is 16.5. The molecule has 1 heterocycles. The van der Waals surface area contributed by atoms with Crippen molar-refractivity contribution < 1.29 is 4.74 Å². The predicted octanol–water partition coefficient (Wildman–Crippen LogP) is 0.0222. The number of nitrogens with one attached hydrogen (secondary N) is 1. The van der Waals surface area contributed by atoms with Gasteiger partial charge in [-0.3, -0.25) is 5.41 Å². The van der Waals surface area contributed by atoms with Gasteiger partial charge in [0.15, 0.2) is 12.2 Å². The second-order valence-electron chi connectivity index (χ2n) is 0.992. The Morgan fingerprint density at radius 2 is 2.83 bits per heavy atom. The molecule has 0 aromatic carbocycles. The van der Waals surface area contributed by atoms with Gasteiger partial charge in [-0.15, -0.1) is 0 Å². The topological polar surface area (TPSA) is 45.4 Å². The summed E-state index contributed by atoms with van der Waals surface area (Å²) >= 11 is 0. The molecule has 1 aliphatic rings. The van der Waals surface area contributed by atoms with E-state index in [0.29, 0.717) is 12.4 Å². The number of rotatable bonds is 0. The van der Waals surface area contributed by atoms with Crippen LogP contribution in [0.15, 0.2) is 4.99 Å². The molecule has 1 N–H and O–H groups in total. The van der Waals surface area contributed by atoms with Crippen LogP contribution in [0, 0.1) is 5.41 Å². The average Bonchev–Trinajstić information content (AvgIpc) is 1.86. The van der Waals surface area contributed by atoms with Gasteiger partial charge >= 0.3 is 0 Å². The third-order valence-electron chi connectivity index (χ3n) is 0.503. The minimum atomic E-state index is 0.301. The number of hydrogen-bond acceptors (Lipinski definition) is 2. The summed E-state index contributed by atoms with van der Waals surface area (Å²) in [6.45, 7) is 0.347. The van der Waals surface area contributed by atoms with Gasteiger partial charge in [-0.1, -0.05) is 0 Å². The molecule has 32 valence electrons. The summed E-state index contributed by atoms with van der Waals surface area (Å²) in [5, 5.41) is 6.73. The maximum Gasteiger partial charge on any atom is 0.176 e. The maximum atomic E-state index is 6.73. The van der Waals surface area contributed by atoms with Crippen LogP contribution in [0.3, 0.4) is 0 Å². The molecule has 0 radical (unpaired) electrons. The van der Waals surface area contributed by atoms with Crippen molar-refractivity contribution in [3.63, 3.8) is 0 Å². The van der Waals surface area contributed by atoms with Crippen molar-refractivity contribution in [3.8, 4) is 0 Å². The lowest BCUT2D eigenvalue weighted by Crippen LogP contribution is -1.90. The zero-order valence-corrected chi connectivity index (χ0v) is 3.14. The van der Waals surface area contributed by atoms with E-state index in [1.54, 1.807) is 0 Å². The van der Waals surface area contributed by atoms with Gasteiger partial charge in [-0.2, -0.15) is 0 Å². The first-order valence-corrected chi connectivity index (χ1v) is 1.61. The monoisotopic (exact) mass is 84.0 g/mol. The van der Waals surface area contributed by atoms with E-state index in [0.717, 1.165) is 0 Å². The van der Waals surface area contributed by atoms with Crippen molar-refractivity contribution in [2.45, 2.75) is 0 Å². The Hall–Kier alpha value is -0.860. The van der Waals surface area contributed by atoms with Crippen molar-refractivity contribution in [1.29, 1.82) is 5.41 Å². The van der Waals surface area contributed by atoms with Crippen LogP contribution in [0.5, 0.6) is 0 Å². The molecule has 6 heavy (non-hydrogen) atoms. The van der Waals surface area contributed by atoms with Gasteiger partial charge in [-0.25, -0.2) is 4.99 Å². The van der Waals surface area contributed by atoms with Crippen LogP contribution >= 0.6 is 0 Å². The predicted molar refractivity (Wildman–Crippen MR) is 22.2 cm³/mol. The highest BCUT2D eigenvalue weighted by Gasteiger charge is 1.96. The Morgan fingerprint density at radius 3 is 3.00 bits per heavy atom. The molecular weight excluding hydrogens is 80.0 g/mol. The summed E-state index contributed by atoms with van der Waals surface area (Å²) < 4.78 is 4.54. The molecule has 0 aromatic rings. The van der Waals surface area contributed by atoms with Gasteiger partial charge in [0.05, 0.1) is 0 Å². The molecule has 0 amide bonds. The van der Waals surface area contributed by atoms with Gasteiger partial charge in [0, 0.05) is 0 Å². The normalized spacial score (nSPS) is 18.3. The molecule has 0 bridgehead atoms. The van der Waals surface area contributed by atoms with Crippen LogP contribution in [0.4, 0.5) is 0 Å². The Kier molecular flexibility index (Phi) is 0.602. The fourth-order valence-electron chi connectivity index (χ4n) is 0.254. The third kappa shape index (κ3) is 0.381. The zero-order valence-electron chi connectivity index (χ0n) is 3.14. The summed E-state index contributed by atoms with van der Waals surface area (Å²) in [6, 6.07) is 0. The lowest BCUT2D eigenvalue weighted by atomic mass is 10.7. The fraction of sp³-hybridized carbons (Fsp3) is 0.333. The van der Waals surface area contributed by atoms with Gasteiger partial charge in [0.25, 0.3) is 0 Å². The standard InChI is InChI=1S/C3H4N2O/c4-3-1-6-2-5-3/h2,4H,1H2. The second-order valence-corrected chi connectivity index (χ2v) is 0.992. The first-order valence-electron chi connectivity index (χ1n) is 1.61. The largest absolute Gasteiger partial charge is 0.475 e. The minimum absolute atomic E-state index is 0.301. The van der Waals surface area contributed by atoms with Crippen molar-refractivity contribution in [2.75, 3.05) is 6.61 Å². The SMILES string of the molecule is N=C1COC=N1. The first-order chi connectivity index (χ1) is 2.89. The van der Waals surface area contributed by atoms with E-state index < -0.39 is 0 Å². The van der Waals surface area contributed by atoms with Crippen molar-refractivity contribution in [1.82, 2.24) is 0 Å². The van der Waals surface area contributed by atoms with Crippen molar-refractivity contribution in [2.24, 2.45) is 4.99 Å². The molecule has 0 unspecified atom stereocenters. The number of nitrogens with zero attached hydrogens (tertiary/aromatic N) is 1. The van der Waals surface area contributed by atoms with Crippen LogP contribution in [0.2, 0.25) is 0 Å². The molecule has 1 rings (SSSR count). The number of ether oxygens (including phenoxy) is 1. The van der Waals surface area contributed by atoms with Gasteiger partial charge in [0.1, 0.15) is 6.61 Å². The Bertz CT molecular complexity index is 97.0. The summed E-state index contributed by atoms with van der Waals surface area (Å²) in [5.74, 6) is 0.301. The van der Waals surface area contributed by atoms with Crippen LogP contribution in [0.1, 0.15) is 0 Å². The lowest BCUT2D eigenvalue weighted by Gasteiger charge is -1.78. The summed E-state index contributed by atoms with van der Waals surface area (Å²) in [7, 11) is 0. The van der Waals surface area contributed by atoms with Gasteiger partial charge < -0.3 is 4.74 Å². The number of amidine groups is 1. The molecule has 0 aromatic heterocycles. The molecule has 0 saturated carbocycles. The van der Waals surface area contributed by atoms with Crippen molar-refractivity contribution in [3.05, 3.63) is 0 Å². The van der Waals surface area contributed by atoms with E-state index in [1.807, 2.05) is 0 Å². The van der Waals surface area contributed by atoms with E-state index in [4.69, 9.17) is 5.41 Å². The molecule has 3 heteroatoms. The fourth-order valence-corrected chi connectivity index (χ4v) is 0.254. The summed E-state index contributed by atoms with van der Waals surface area (Å²) in [4.78, 5) is 3.47. The van der Waals surface area contributed by atoms with Gasteiger partial charge in [0.2, 0.25) is 0 Å². The van der Waals surface area contributed by atoms with Crippen LogP contribution < -0.4 is 0 Å². The Balaban J connectivity index is 2.59.